The van der Waals surface area contributed by atoms with Gasteiger partial charge >= 0.3 is 0 Å². The number of rotatable bonds is 7. The van der Waals surface area contributed by atoms with E-state index in [2.05, 4.69) is 48.5 Å². The van der Waals surface area contributed by atoms with Crippen molar-refractivity contribution in [3.05, 3.63) is 35.4 Å². The molecule has 1 aliphatic carbocycles. The molecule has 1 N–H and O–H groups in total. The largest absolute Gasteiger partial charge is 0.313 e. The fourth-order valence-electron chi connectivity index (χ4n) is 3.04. The third-order valence-electron chi connectivity index (χ3n) is 4.10. The van der Waals surface area contributed by atoms with E-state index in [9.17, 15) is 0 Å². The minimum Gasteiger partial charge on any atom is -0.313 e. The zero-order valence-electron chi connectivity index (χ0n) is 12.5. The van der Waals surface area contributed by atoms with Crippen LogP contribution in [0.2, 0.25) is 0 Å². The molecule has 0 heterocycles. The maximum atomic E-state index is 3.36. The van der Waals surface area contributed by atoms with Crippen molar-refractivity contribution in [1.29, 1.82) is 0 Å². The molecule has 0 unspecified atom stereocenters. The van der Waals surface area contributed by atoms with E-state index in [0.29, 0.717) is 0 Å². The van der Waals surface area contributed by atoms with Crippen molar-refractivity contribution in [3.8, 4) is 0 Å². The third-order valence-corrected chi connectivity index (χ3v) is 4.10. The first-order valence-electron chi connectivity index (χ1n) is 7.75. The molecular formula is C17H28N2. The zero-order valence-corrected chi connectivity index (χ0v) is 12.5. The Labute approximate surface area is 118 Å². The SMILES string of the molecule is CCNCc1ccc(CN(C)CC2CCCC2)cc1. The third kappa shape index (κ3) is 4.96. The van der Waals surface area contributed by atoms with E-state index < -0.39 is 0 Å². The molecule has 0 amide bonds. The van der Waals surface area contributed by atoms with Crippen LogP contribution < -0.4 is 5.32 Å². The van der Waals surface area contributed by atoms with Gasteiger partial charge in [0, 0.05) is 19.6 Å². The Morgan fingerprint density at radius 3 is 2.37 bits per heavy atom. The van der Waals surface area contributed by atoms with Crippen molar-refractivity contribution in [3.63, 3.8) is 0 Å². The first-order valence-corrected chi connectivity index (χ1v) is 7.75. The second-order valence-electron chi connectivity index (χ2n) is 5.94. The van der Waals surface area contributed by atoms with E-state index >= 15 is 0 Å². The Morgan fingerprint density at radius 1 is 1.11 bits per heavy atom. The molecule has 2 nitrogen and oxygen atoms in total. The van der Waals surface area contributed by atoms with Crippen molar-refractivity contribution in [2.45, 2.75) is 45.7 Å². The van der Waals surface area contributed by atoms with Gasteiger partial charge in [0.1, 0.15) is 0 Å². The molecule has 0 aliphatic heterocycles. The van der Waals surface area contributed by atoms with Gasteiger partial charge in [0.2, 0.25) is 0 Å². The van der Waals surface area contributed by atoms with Crippen LogP contribution in [0.3, 0.4) is 0 Å². The lowest BCUT2D eigenvalue weighted by Crippen LogP contribution is -2.24. The van der Waals surface area contributed by atoms with Crippen molar-refractivity contribution >= 4 is 0 Å². The lowest BCUT2D eigenvalue weighted by molar-refractivity contribution is 0.271. The van der Waals surface area contributed by atoms with Gasteiger partial charge in [-0.25, -0.2) is 0 Å². The van der Waals surface area contributed by atoms with Gasteiger partial charge in [0.05, 0.1) is 0 Å². The summed E-state index contributed by atoms with van der Waals surface area (Å²) in [4.78, 5) is 2.48. The van der Waals surface area contributed by atoms with Gasteiger partial charge in [0.15, 0.2) is 0 Å². The minimum absolute atomic E-state index is 0.943. The first kappa shape index (κ1) is 14.5. The summed E-state index contributed by atoms with van der Waals surface area (Å²) in [7, 11) is 2.25. The fraction of sp³-hybridized carbons (Fsp3) is 0.647. The average molecular weight is 260 g/mol. The van der Waals surface area contributed by atoms with Gasteiger partial charge in [-0.1, -0.05) is 44.0 Å². The summed E-state index contributed by atoms with van der Waals surface area (Å²) >= 11 is 0. The number of hydrogen-bond donors (Lipinski definition) is 1. The summed E-state index contributed by atoms with van der Waals surface area (Å²) in [5.41, 5.74) is 2.81. The van der Waals surface area contributed by atoms with Crippen molar-refractivity contribution in [2.75, 3.05) is 20.1 Å². The summed E-state index contributed by atoms with van der Waals surface area (Å²) in [5, 5.41) is 3.36. The highest BCUT2D eigenvalue weighted by molar-refractivity contribution is 5.22. The second kappa shape index (κ2) is 7.66. The van der Waals surface area contributed by atoms with Crippen LogP contribution in [0.15, 0.2) is 24.3 Å². The maximum absolute atomic E-state index is 3.36. The van der Waals surface area contributed by atoms with Gasteiger partial charge in [-0.15, -0.1) is 0 Å². The van der Waals surface area contributed by atoms with E-state index in [-0.39, 0.29) is 0 Å². The smallest absolute Gasteiger partial charge is 0.0230 e. The zero-order chi connectivity index (χ0) is 13.5. The highest BCUT2D eigenvalue weighted by atomic mass is 15.1. The Kier molecular flexibility index (Phi) is 5.87. The molecule has 0 saturated heterocycles. The topological polar surface area (TPSA) is 15.3 Å². The summed E-state index contributed by atoms with van der Waals surface area (Å²) in [6, 6.07) is 9.05. The molecule has 106 valence electrons. The molecule has 1 aliphatic rings. The van der Waals surface area contributed by atoms with Crippen LogP contribution in [0.4, 0.5) is 0 Å². The quantitative estimate of drug-likeness (QED) is 0.808. The van der Waals surface area contributed by atoms with Crippen LogP contribution in [-0.2, 0) is 13.1 Å². The Hall–Kier alpha value is -0.860. The molecule has 0 radical (unpaired) electrons. The van der Waals surface area contributed by atoms with Crippen LogP contribution in [0, 0.1) is 5.92 Å². The standard InChI is InChI=1S/C17H28N2/c1-3-18-12-15-8-10-17(11-9-15)14-19(2)13-16-6-4-5-7-16/h8-11,16,18H,3-7,12-14H2,1-2H3. The van der Waals surface area contributed by atoms with Crippen LogP contribution in [0.1, 0.15) is 43.7 Å². The predicted octanol–water partition coefficient (Wildman–Crippen LogP) is 3.42. The lowest BCUT2D eigenvalue weighted by Gasteiger charge is -2.20. The monoisotopic (exact) mass is 260 g/mol. The average Bonchev–Trinajstić information content (AvgIpc) is 2.90. The number of benzene rings is 1. The second-order valence-corrected chi connectivity index (χ2v) is 5.94. The van der Waals surface area contributed by atoms with Crippen LogP contribution in [0.5, 0.6) is 0 Å². The van der Waals surface area contributed by atoms with Gasteiger partial charge < -0.3 is 10.2 Å². The first-order chi connectivity index (χ1) is 9.28. The summed E-state index contributed by atoms with van der Waals surface area (Å²) in [6.07, 6.45) is 5.76. The molecule has 0 aromatic heterocycles. The predicted molar refractivity (Wildman–Crippen MR) is 82.1 cm³/mol. The summed E-state index contributed by atoms with van der Waals surface area (Å²) in [6.45, 7) is 6.50. The molecule has 1 aromatic carbocycles. The van der Waals surface area contributed by atoms with E-state index in [1.807, 2.05) is 0 Å². The maximum Gasteiger partial charge on any atom is 0.0230 e. The van der Waals surface area contributed by atoms with Crippen LogP contribution >= 0.6 is 0 Å². The van der Waals surface area contributed by atoms with Gasteiger partial charge in [0.25, 0.3) is 0 Å². The number of nitrogens with zero attached hydrogens (tertiary/aromatic N) is 1. The van der Waals surface area contributed by atoms with E-state index in [1.165, 1.54) is 43.4 Å². The molecule has 19 heavy (non-hydrogen) atoms. The van der Waals surface area contributed by atoms with E-state index in [0.717, 1.165) is 25.6 Å². The lowest BCUT2D eigenvalue weighted by atomic mass is 10.1. The minimum atomic E-state index is 0.943. The van der Waals surface area contributed by atoms with Crippen LogP contribution in [0.25, 0.3) is 0 Å². The molecule has 2 heteroatoms. The molecule has 0 spiro atoms. The molecule has 0 bridgehead atoms. The van der Waals surface area contributed by atoms with Crippen molar-refractivity contribution in [1.82, 2.24) is 10.2 Å². The molecule has 1 fully saturated rings. The van der Waals surface area contributed by atoms with Crippen molar-refractivity contribution in [2.24, 2.45) is 5.92 Å². The summed E-state index contributed by atoms with van der Waals surface area (Å²) in [5.74, 6) is 0.943. The van der Waals surface area contributed by atoms with Gasteiger partial charge in [-0.2, -0.15) is 0 Å². The van der Waals surface area contributed by atoms with Gasteiger partial charge in [-0.05, 0) is 43.5 Å². The molecule has 1 aromatic rings. The molecule has 2 rings (SSSR count). The van der Waals surface area contributed by atoms with Crippen molar-refractivity contribution < 1.29 is 0 Å². The normalized spacial score (nSPS) is 16.4. The number of nitrogens with one attached hydrogen (secondary N) is 1. The molecular weight excluding hydrogens is 232 g/mol. The molecule has 1 saturated carbocycles. The Bertz CT molecular complexity index is 352. The Morgan fingerprint density at radius 2 is 1.74 bits per heavy atom. The van der Waals surface area contributed by atoms with Gasteiger partial charge in [-0.3, -0.25) is 0 Å². The highest BCUT2D eigenvalue weighted by Gasteiger charge is 2.16. The number of hydrogen-bond acceptors (Lipinski definition) is 2. The fourth-order valence-corrected chi connectivity index (χ4v) is 3.04. The highest BCUT2D eigenvalue weighted by Crippen LogP contribution is 2.25. The van der Waals surface area contributed by atoms with E-state index in [1.54, 1.807) is 0 Å². The molecule has 0 atom stereocenters. The Balaban J connectivity index is 1.77. The summed E-state index contributed by atoms with van der Waals surface area (Å²) < 4.78 is 0. The van der Waals surface area contributed by atoms with E-state index in [4.69, 9.17) is 0 Å². The van der Waals surface area contributed by atoms with Crippen LogP contribution in [-0.4, -0.2) is 25.0 Å².